The number of aliphatic hydroxyl groups is 1. The molecule has 17 heavy (non-hydrogen) atoms. The Morgan fingerprint density at radius 1 is 1.06 bits per heavy atom. The van der Waals surface area contributed by atoms with E-state index in [-0.39, 0.29) is 22.7 Å². The summed E-state index contributed by atoms with van der Waals surface area (Å²) in [6, 6.07) is 0. The number of rotatable bonds is 3. The summed E-state index contributed by atoms with van der Waals surface area (Å²) in [6.07, 6.45) is 5.15. The van der Waals surface area contributed by atoms with Crippen LogP contribution in [0.25, 0.3) is 0 Å². The van der Waals surface area contributed by atoms with Crippen molar-refractivity contribution in [1.29, 1.82) is 0 Å². The van der Waals surface area contributed by atoms with Gasteiger partial charge in [-0.15, -0.1) is 0 Å². The van der Waals surface area contributed by atoms with Gasteiger partial charge in [0.05, 0.1) is 12.1 Å². The van der Waals surface area contributed by atoms with Gasteiger partial charge < -0.3 is 10.4 Å². The third kappa shape index (κ3) is 3.18. The van der Waals surface area contributed by atoms with Crippen LogP contribution >= 0.6 is 23.2 Å². The zero-order chi connectivity index (χ0) is 12.3. The first-order valence-electron chi connectivity index (χ1n) is 5.60. The van der Waals surface area contributed by atoms with Crippen molar-refractivity contribution in [1.82, 2.24) is 15.0 Å². The van der Waals surface area contributed by atoms with E-state index >= 15 is 0 Å². The number of aliphatic hydroxyl groups excluding tert-OH is 1. The molecule has 0 radical (unpaired) electrons. The molecule has 1 aliphatic carbocycles. The summed E-state index contributed by atoms with van der Waals surface area (Å²) >= 11 is 11.4. The van der Waals surface area contributed by atoms with Crippen molar-refractivity contribution in [3.05, 3.63) is 10.6 Å². The van der Waals surface area contributed by atoms with E-state index in [1.807, 2.05) is 0 Å². The number of hydrogen-bond acceptors (Lipinski definition) is 5. The molecule has 2 N–H and O–H groups in total. The molecule has 1 heterocycles. The lowest BCUT2D eigenvalue weighted by molar-refractivity contribution is 0.172. The Morgan fingerprint density at radius 2 is 1.65 bits per heavy atom. The summed E-state index contributed by atoms with van der Waals surface area (Å²) in [5, 5.41) is 12.8. The van der Waals surface area contributed by atoms with Gasteiger partial charge in [0.15, 0.2) is 0 Å². The molecular formula is C10H14Cl2N4O. The predicted molar refractivity (Wildman–Crippen MR) is 66.4 cm³/mol. The van der Waals surface area contributed by atoms with Gasteiger partial charge in [-0.05, 0) is 36.0 Å². The fourth-order valence-corrected chi connectivity index (χ4v) is 2.53. The number of hydrogen-bond donors (Lipinski definition) is 2. The van der Waals surface area contributed by atoms with Crippen LogP contribution in [0.2, 0.25) is 10.6 Å². The maximum Gasteiger partial charge on any atom is 0.228 e. The highest BCUT2D eigenvalue weighted by atomic mass is 35.5. The minimum atomic E-state index is -0.355. The zero-order valence-electron chi connectivity index (χ0n) is 9.29. The van der Waals surface area contributed by atoms with E-state index in [0.717, 1.165) is 25.7 Å². The Labute approximate surface area is 110 Å². The molecule has 0 aromatic carbocycles. The smallest absolute Gasteiger partial charge is 0.228 e. The Bertz CT molecular complexity index is 376. The zero-order valence-corrected chi connectivity index (χ0v) is 10.8. The van der Waals surface area contributed by atoms with Gasteiger partial charge >= 0.3 is 0 Å². The highest BCUT2D eigenvalue weighted by Crippen LogP contribution is 2.30. The molecule has 0 atom stereocenters. The lowest BCUT2D eigenvalue weighted by atomic mass is 9.82. The number of anilines is 1. The monoisotopic (exact) mass is 276 g/mol. The second kappa shape index (κ2) is 5.33. The van der Waals surface area contributed by atoms with Gasteiger partial charge in [-0.25, -0.2) is 0 Å². The van der Waals surface area contributed by atoms with Gasteiger partial charge in [-0.1, -0.05) is 19.3 Å². The summed E-state index contributed by atoms with van der Waals surface area (Å²) in [6.45, 7) is 0.0495. The number of halogens is 2. The van der Waals surface area contributed by atoms with Crippen molar-refractivity contribution in [3.63, 3.8) is 0 Å². The number of nitrogens with zero attached hydrogens (tertiary/aromatic N) is 3. The summed E-state index contributed by atoms with van der Waals surface area (Å²) in [4.78, 5) is 11.6. The van der Waals surface area contributed by atoms with E-state index in [1.54, 1.807) is 0 Å². The number of aromatic nitrogens is 3. The molecule has 2 rings (SSSR count). The van der Waals surface area contributed by atoms with Gasteiger partial charge in [-0.2, -0.15) is 15.0 Å². The lowest BCUT2D eigenvalue weighted by Gasteiger charge is -2.36. The highest BCUT2D eigenvalue weighted by Gasteiger charge is 2.32. The molecule has 1 fully saturated rings. The maximum absolute atomic E-state index is 9.54. The molecule has 0 unspecified atom stereocenters. The van der Waals surface area contributed by atoms with Crippen LogP contribution in [0.15, 0.2) is 0 Å². The Hall–Kier alpha value is -0.650. The third-order valence-electron chi connectivity index (χ3n) is 3.07. The Kier molecular flexibility index (Phi) is 4.01. The SMILES string of the molecule is OCC1(Nc2nc(Cl)nc(Cl)n2)CCCCC1. The van der Waals surface area contributed by atoms with Gasteiger partial charge in [0.25, 0.3) is 0 Å². The normalized spacial score (nSPS) is 19.0. The van der Waals surface area contributed by atoms with Gasteiger partial charge in [-0.3, -0.25) is 0 Å². The van der Waals surface area contributed by atoms with Crippen LogP contribution in [0.5, 0.6) is 0 Å². The molecule has 1 aromatic heterocycles. The molecule has 94 valence electrons. The quantitative estimate of drug-likeness (QED) is 0.887. The van der Waals surface area contributed by atoms with E-state index in [1.165, 1.54) is 6.42 Å². The average Bonchev–Trinajstić information content (AvgIpc) is 2.29. The summed E-state index contributed by atoms with van der Waals surface area (Å²) in [7, 11) is 0. The van der Waals surface area contributed by atoms with Gasteiger partial charge in [0.1, 0.15) is 0 Å². The summed E-state index contributed by atoms with van der Waals surface area (Å²) < 4.78 is 0. The van der Waals surface area contributed by atoms with E-state index < -0.39 is 0 Å². The predicted octanol–water partition coefficient (Wildman–Crippen LogP) is 2.29. The largest absolute Gasteiger partial charge is 0.394 e. The van der Waals surface area contributed by atoms with Crippen LogP contribution < -0.4 is 5.32 Å². The molecule has 1 saturated carbocycles. The van der Waals surface area contributed by atoms with Crippen LogP contribution in [-0.4, -0.2) is 32.2 Å². The Balaban J connectivity index is 2.17. The highest BCUT2D eigenvalue weighted by molar-refractivity contribution is 6.31. The minimum Gasteiger partial charge on any atom is -0.394 e. The van der Waals surface area contributed by atoms with Gasteiger partial charge in [0, 0.05) is 0 Å². The fraction of sp³-hybridized carbons (Fsp3) is 0.700. The molecule has 0 spiro atoms. The van der Waals surface area contributed by atoms with Crippen molar-refractivity contribution in [3.8, 4) is 0 Å². The van der Waals surface area contributed by atoms with Crippen molar-refractivity contribution >= 4 is 29.2 Å². The second-order valence-electron chi connectivity index (χ2n) is 4.32. The first-order valence-corrected chi connectivity index (χ1v) is 6.35. The van der Waals surface area contributed by atoms with Crippen molar-refractivity contribution in [2.24, 2.45) is 0 Å². The minimum absolute atomic E-state index is 0.0495. The first-order chi connectivity index (χ1) is 8.13. The van der Waals surface area contributed by atoms with Crippen molar-refractivity contribution in [2.75, 3.05) is 11.9 Å². The van der Waals surface area contributed by atoms with Crippen LogP contribution in [-0.2, 0) is 0 Å². The van der Waals surface area contributed by atoms with Crippen molar-refractivity contribution < 1.29 is 5.11 Å². The van der Waals surface area contributed by atoms with Crippen LogP contribution in [0, 0.1) is 0 Å². The topological polar surface area (TPSA) is 70.9 Å². The standard InChI is InChI=1S/C10H14Cl2N4O/c11-7-13-8(12)15-9(14-7)16-10(6-17)4-2-1-3-5-10/h17H,1-6H2,(H,13,14,15,16). The average molecular weight is 277 g/mol. The maximum atomic E-state index is 9.54. The Morgan fingerprint density at radius 3 is 2.18 bits per heavy atom. The van der Waals surface area contributed by atoms with Crippen molar-refractivity contribution in [2.45, 2.75) is 37.6 Å². The fourth-order valence-electron chi connectivity index (χ4n) is 2.17. The molecule has 0 amide bonds. The first kappa shape index (κ1) is 12.8. The molecule has 0 bridgehead atoms. The molecule has 0 aliphatic heterocycles. The molecule has 7 heteroatoms. The molecule has 0 saturated heterocycles. The van der Waals surface area contributed by atoms with E-state index in [2.05, 4.69) is 20.3 Å². The van der Waals surface area contributed by atoms with Crippen LogP contribution in [0.3, 0.4) is 0 Å². The molecule has 1 aromatic rings. The van der Waals surface area contributed by atoms with Gasteiger partial charge in [0.2, 0.25) is 16.5 Å². The molecule has 1 aliphatic rings. The van der Waals surface area contributed by atoms with Crippen LogP contribution in [0.4, 0.5) is 5.95 Å². The summed E-state index contributed by atoms with van der Waals surface area (Å²) in [5.74, 6) is 0.325. The lowest BCUT2D eigenvalue weighted by Crippen LogP contribution is -2.44. The van der Waals surface area contributed by atoms with E-state index in [4.69, 9.17) is 23.2 Å². The molecular weight excluding hydrogens is 263 g/mol. The van der Waals surface area contributed by atoms with Crippen LogP contribution in [0.1, 0.15) is 32.1 Å². The van der Waals surface area contributed by atoms with E-state index in [0.29, 0.717) is 5.95 Å². The molecule has 5 nitrogen and oxygen atoms in total. The second-order valence-corrected chi connectivity index (χ2v) is 5.00. The number of nitrogens with one attached hydrogen (secondary N) is 1. The summed E-state index contributed by atoms with van der Waals surface area (Å²) in [5.41, 5.74) is -0.355. The third-order valence-corrected chi connectivity index (χ3v) is 3.41. The van der Waals surface area contributed by atoms with E-state index in [9.17, 15) is 5.11 Å².